The number of benzene rings is 3. The standard InChI is InChI=1S/C27H28ClN5O3S/c28-20-4-6-21(7-5-20)30-26(34)31-22-3-1-2-19(16-22)18-29-27-32-24-9-8-23(17-25(24)37-27)36-15-12-33-10-13-35-14-11-33/h1-9,16-17H,10-15,18H2,(H,29,32)(H2,30,31,34). The summed E-state index contributed by atoms with van der Waals surface area (Å²) in [6, 6.07) is 20.3. The normalized spacial score (nSPS) is 13.9. The molecule has 10 heteroatoms. The Kier molecular flexibility index (Phi) is 8.37. The highest BCUT2D eigenvalue weighted by Crippen LogP contribution is 2.29. The summed E-state index contributed by atoms with van der Waals surface area (Å²) in [5.41, 5.74) is 3.33. The lowest BCUT2D eigenvalue weighted by molar-refractivity contribution is 0.0322. The van der Waals surface area contributed by atoms with Crippen LogP contribution in [0, 0.1) is 0 Å². The van der Waals surface area contributed by atoms with Crippen molar-refractivity contribution >= 4 is 55.7 Å². The Hall–Kier alpha value is -3.37. The Balaban J connectivity index is 1.13. The molecular weight excluding hydrogens is 510 g/mol. The maximum atomic E-state index is 12.3. The van der Waals surface area contributed by atoms with Crippen molar-refractivity contribution in [1.82, 2.24) is 9.88 Å². The van der Waals surface area contributed by atoms with E-state index in [1.807, 2.05) is 42.5 Å². The van der Waals surface area contributed by atoms with Crippen LogP contribution >= 0.6 is 22.9 Å². The molecule has 0 saturated carbocycles. The Labute approximate surface area is 224 Å². The van der Waals surface area contributed by atoms with Crippen LogP contribution in [0.1, 0.15) is 5.56 Å². The number of halogens is 1. The monoisotopic (exact) mass is 537 g/mol. The Morgan fingerprint density at radius 2 is 1.84 bits per heavy atom. The maximum Gasteiger partial charge on any atom is 0.323 e. The molecule has 0 aliphatic carbocycles. The summed E-state index contributed by atoms with van der Waals surface area (Å²) in [6.45, 7) is 5.64. The van der Waals surface area contributed by atoms with E-state index in [1.54, 1.807) is 35.6 Å². The summed E-state index contributed by atoms with van der Waals surface area (Å²) in [7, 11) is 0. The number of carbonyl (C=O) groups is 1. The molecular formula is C27H28ClN5O3S. The van der Waals surface area contributed by atoms with Crippen molar-refractivity contribution in [2.45, 2.75) is 6.54 Å². The number of rotatable bonds is 9. The molecule has 1 saturated heterocycles. The fourth-order valence-electron chi connectivity index (χ4n) is 3.95. The summed E-state index contributed by atoms with van der Waals surface area (Å²) in [5, 5.41) is 10.5. The van der Waals surface area contributed by atoms with Crippen LogP contribution in [0.3, 0.4) is 0 Å². The van der Waals surface area contributed by atoms with Gasteiger partial charge in [0.05, 0.1) is 23.4 Å². The van der Waals surface area contributed by atoms with Gasteiger partial charge in [-0.2, -0.15) is 0 Å². The number of nitrogens with one attached hydrogen (secondary N) is 3. The molecule has 1 aliphatic rings. The van der Waals surface area contributed by atoms with Crippen LogP contribution < -0.4 is 20.7 Å². The number of hydrogen-bond donors (Lipinski definition) is 3. The first-order valence-corrected chi connectivity index (χ1v) is 13.3. The van der Waals surface area contributed by atoms with Crippen LogP contribution in [-0.2, 0) is 11.3 Å². The summed E-state index contributed by atoms with van der Waals surface area (Å²) < 4.78 is 12.4. The van der Waals surface area contributed by atoms with Gasteiger partial charge in [0.2, 0.25) is 0 Å². The number of aromatic nitrogens is 1. The van der Waals surface area contributed by atoms with Crippen molar-refractivity contribution in [3.63, 3.8) is 0 Å². The van der Waals surface area contributed by atoms with Crippen molar-refractivity contribution in [2.75, 3.05) is 55.4 Å². The molecule has 3 N–H and O–H groups in total. The van der Waals surface area contributed by atoms with Crippen LogP contribution in [0.4, 0.5) is 21.3 Å². The molecule has 0 radical (unpaired) electrons. The molecule has 0 unspecified atom stereocenters. The third-order valence-corrected chi connectivity index (χ3v) is 7.10. The first-order chi connectivity index (χ1) is 18.1. The van der Waals surface area contributed by atoms with Gasteiger partial charge in [0, 0.05) is 42.6 Å². The minimum Gasteiger partial charge on any atom is -0.492 e. The molecule has 0 atom stereocenters. The van der Waals surface area contributed by atoms with Crippen molar-refractivity contribution in [1.29, 1.82) is 0 Å². The number of thiazole rings is 1. The second-order valence-electron chi connectivity index (χ2n) is 8.59. The van der Waals surface area contributed by atoms with E-state index < -0.39 is 0 Å². The quantitative estimate of drug-likeness (QED) is 0.246. The molecule has 0 bridgehead atoms. The van der Waals surface area contributed by atoms with Crippen molar-refractivity contribution < 1.29 is 14.3 Å². The third kappa shape index (κ3) is 7.33. The average Bonchev–Trinajstić information content (AvgIpc) is 3.32. The number of urea groups is 1. The van der Waals surface area contributed by atoms with Gasteiger partial charge < -0.3 is 25.4 Å². The van der Waals surface area contributed by atoms with E-state index in [0.29, 0.717) is 29.5 Å². The minimum absolute atomic E-state index is 0.318. The molecule has 192 valence electrons. The van der Waals surface area contributed by atoms with Gasteiger partial charge in [-0.25, -0.2) is 9.78 Å². The Morgan fingerprint density at radius 1 is 1.03 bits per heavy atom. The summed E-state index contributed by atoms with van der Waals surface area (Å²) in [6.07, 6.45) is 0. The smallest absolute Gasteiger partial charge is 0.323 e. The predicted molar refractivity (Wildman–Crippen MR) is 150 cm³/mol. The Bertz CT molecular complexity index is 1340. The lowest BCUT2D eigenvalue weighted by Crippen LogP contribution is -2.38. The van der Waals surface area contributed by atoms with Gasteiger partial charge >= 0.3 is 6.03 Å². The van der Waals surface area contributed by atoms with Gasteiger partial charge in [0.25, 0.3) is 0 Å². The SMILES string of the molecule is O=C(Nc1ccc(Cl)cc1)Nc1cccc(CNc2nc3ccc(OCCN4CCOCC4)cc3s2)c1. The summed E-state index contributed by atoms with van der Waals surface area (Å²) in [5.74, 6) is 0.853. The molecule has 1 aliphatic heterocycles. The number of hydrogen-bond acceptors (Lipinski definition) is 7. The first kappa shape index (κ1) is 25.3. The maximum absolute atomic E-state index is 12.3. The number of anilines is 3. The molecule has 1 fully saturated rings. The zero-order chi connectivity index (χ0) is 25.5. The van der Waals surface area contributed by atoms with E-state index in [4.69, 9.17) is 21.1 Å². The number of carbonyl (C=O) groups excluding carboxylic acids is 1. The van der Waals surface area contributed by atoms with Gasteiger partial charge in [-0.1, -0.05) is 35.1 Å². The summed E-state index contributed by atoms with van der Waals surface area (Å²) in [4.78, 5) is 19.4. The lowest BCUT2D eigenvalue weighted by Gasteiger charge is -2.26. The fourth-order valence-corrected chi connectivity index (χ4v) is 4.97. The second-order valence-corrected chi connectivity index (χ2v) is 10.1. The van der Waals surface area contributed by atoms with E-state index in [1.165, 1.54) is 0 Å². The third-order valence-electron chi connectivity index (χ3n) is 5.87. The van der Waals surface area contributed by atoms with Gasteiger partial charge in [0.1, 0.15) is 12.4 Å². The molecule has 3 aromatic carbocycles. The van der Waals surface area contributed by atoms with Gasteiger partial charge in [-0.3, -0.25) is 4.90 Å². The molecule has 37 heavy (non-hydrogen) atoms. The van der Waals surface area contributed by atoms with Crippen LogP contribution in [0.5, 0.6) is 5.75 Å². The largest absolute Gasteiger partial charge is 0.492 e. The summed E-state index contributed by atoms with van der Waals surface area (Å²) >= 11 is 7.48. The highest BCUT2D eigenvalue weighted by molar-refractivity contribution is 7.22. The van der Waals surface area contributed by atoms with E-state index >= 15 is 0 Å². The first-order valence-electron chi connectivity index (χ1n) is 12.1. The number of morpholine rings is 1. The molecule has 5 rings (SSSR count). The van der Waals surface area contributed by atoms with Crippen molar-refractivity contribution in [3.05, 3.63) is 77.3 Å². The van der Waals surface area contributed by atoms with Crippen LogP contribution in [-0.4, -0.2) is 55.4 Å². The zero-order valence-electron chi connectivity index (χ0n) is 20.2. The number of nitrogens with zero attached hydrogens (tertiary/aromatic N) is 2. The molecule has 4 aromatic rings. The van der Waals surface area contributed by atoms with E-state index in [-0.39, 0.29) is 6.03 Å². The van der Waals surface area contributed by atoms with Crippen LogP contribution in [0.25, 0.3) is 10.2 Å². The van der Waals surface area contributed by atoms with E-state index in [0.717, 1.165) is 59.5 Å². The van der Waals surface area contributed by atoms with E-state index in [2.05, 4.69) is 25.8 Å². The van der Waals surface area contributed by atoms with Gasteiger partial charge in [-0.15, -0.1) is 0 Å². The van der Waals surface area contributed by atoms with E-state index in [9.17, 15) is 4.79 Å². The van der Waals surface area contributed by atoms with Gasteiger partial charge in [-0.05, 0) is 60.2 Å². The molecule has 8 nitrogen and oxygen atoms in total. The minimum atomic E-state index is -0.318. The Morgan fingerprint density at radius 3 is 2.68 bits per heavy atom. The van der Waals surface area contributed by atoms with Gasteiger partial charge in [0.15, 0.2) is 5.13 Å². The zero-order valence-corrected chi connectivity index (χ0v) is 21.8. The van der Waals surface area contributed by atoms with Crippen LogP contribution in [0.2, 0.25) is 5.02 Å². The molecule has 0 spiro atoms. The fraction of sp³-hybridized carbons (Fsp3) is 0.259. The molecule has 1 aromatic heterocycles. The highest BCUT2D eigenvalue weighted by Gasteiger charge is 2.11. The average molecular weight is 538 g/mol. The lowest BCUT2D eigenvalue weighted by atomic mass is 10.2. The number of amides is 2. The molecule has 2 heterocycles. The second kappa shape index (κ2) is 12.2. The van der Waals surface area contributed by atoms with Crippen molar-refractivity contribution in [2.24, 2.45) is 0 Å². The number of ether oxygens (including phenoxy) is 2. The highest BCUT2D eigenvalue weighted by atomic mass is 35.5. The van der Waals surface area contributed by atoms with Crippen molar-refractivity contribution in [3.8, 4) is 5.75 Å². The number of fused-ring (bicyclic) bond motifs is 1. The van der Waals surface area contributed by atoms with Crippen LogP contribution in [0.15, 0.2) is 66.7 Å². The predicted octanol–water partition coefficient (Wildman–Crippen LogP) is 5.92. The topological polar surface area (TPSA) is 87.8 Å². The molecule has 2 amide bonds.